The Balaban J connectivity index is 1.66. The van der Waals surface area contributed by atoms with E-state index in [0.29, 0.717) is 28.2 Å². The molecule has 4 aromatic rings. The minimum Gasteiger partial charge on any atom is -0.423 e. The molecule has 0 aliphatic heterocycles. The van der Waals surface area contributed by atoms with Gasteiger partial charge in [0.15, 0.2) is 0 Å². The lowest BCUT2D eigenvalue weighted by molar-refractivity contribution is 0.0721. The predicted octanol–water partition coefficient (Wildman–Crippen LogP) is 7.00. The number of carbonyl (C=O) groups is 2. The van der Waals surface area contributed by atoms with Gasteiger partial charge in [0.25, 0.3) is 0 Å². The summed E-state index contributed by atoms with van der Waals surface area (Å²) in [6, 6.07) is 28.7. The molecule has 4 rings (SSSR count). The fraction of sp³-hybridized carbons (Fsp3) is 0. The van der Waals surface area contributed by atoms with Crippen molar-refractivity contribution in [1.29, 1.82) is 0 Å². The summed E-state index contributed by atoms with van der Waals surface area (Å²) in [6.45, 7) is 0. The second-order valence-corrected chi connectivity index (χ2v) is 9.30. The number of ether oxygens (including phenoxy) is 2. The molecule has 32 heavy (non-hydrogen) atoms. The monoisotopic (exact) mass is 646 g/mol. The summed E-state index contributed by atoms with van der Waals surface area (Å²) in [7, 11) is 0. The first-order valence-electron chi connectivity index (χ1n) is 9.64. The lowest BCUT2D eigenvalue weighted by Gasteiger charge is -2.12. The van der Waals surface area contributed by atoms with Crippen LogP contribution < -0.4 is 9.47 Å². The molecule has 0 aliphatic rings. The number of rotatable bonds is 5. The second kappa shape index (κ2) is 10.3. The van der Waals surface area contributed by atoms with Crippen molar-refractivity contribution >= 4 is 57.1 Å². The average Bonchev–Trinajstić information content (AvgIpc) is 2.82. The maximum Gasteiger partial charge on any atom is 0.344 e. The highest BCUT2D eigenvalue weighted by Crippen LogP contribution is 2.27. The van der Waals surface area contributed by atoms with Crippen molar-refractivity contribution in [2.75, 3.05) is 0 Å². The van der Waals surface area contributed by atoms with E-state index in [0.717, 1.165) is 12.7 Å². The number of hydrogen-bond donors (Lipinski definition) is 0. The molecule has 0 aliphatic carbocycles. The van der Waals surface area contributed by atoms with Crippen LogP contribution in [0.1, 0.15) is 20.7 Å². The molecule has 0 atom stereocenters. The molecular weight excluding hydrogens is 630 g/mol. The van der Waals surface area contributed by atoms with Crippen LogP contribution in [0.4, 0.5) is 0 Å². The number of benzene rings is 4. The van der Waals surface area contributed by atoms with Crippen LogP contribution in [0.3, 0.4) is 0 Å². The van der Waals surface area contributed by atoms with Crippen LogP contribution in [-0.2, 0) is 0 Å². The van der Waals surface area contributed by atoms with Gasteiger partial charge in [-0.3, -0.25) is 0 Å². The third kappa shape index (κ3) is 5.55. The van der Waals surface area contributed by atoms with Crippen LogP contribution in [0.25, 0.3) is 11.1 Å². The topological polar surface area (TPSA) is 52.6 Å². The Hall–Kier alpha value is -2.72. The van der Waals surface area contributed by atoms with Gasteiger partial charge in [-0.25, -0.2) is 9.59 Å². The molecule has 4 aromatic carbocycles. The Morgan fingerprint density at radius 1 is 0.594 bits per heavy atom. The predicted molar refractivity (Wildman–Crippen MR) is 140 cm³/mol. The zero-order chi connectivity index (χ0) is 22.5. The second-order valence-electron chi connectivity index (χ2n) is 6.81. The Labute approximate surface area is 212 Å². The number of esters is 2. The van der Waals surface area contributed by atoms with E-state index in [2.05, 4.69) is 45.2 Å². The summed E-state index contributed by atoms with van der Waals surface area (Å²) < 4.78 is 13.2. The average molecular weight is 646 g/mol. The first-order chi connectivity index (χ1) is 15.5. The maximum absolute atomic E-state index is 13.0. The van der Waals surface area contributed by atoms with Gasteiger partial charge in [0.2, 0.25) is 0 Å². The van der Waals surface area contributed by atoms with Crippen molar-refractivity contribution < 1.29 is 19.1 Å². The van der Waals surface area contributed by atoms with Crippen LogP contribution in [-0.4, -0.2) is 11.9 Å². The number of carbonyl (C=O) groups excluding carboxylic acids is 2. The van der Waals surface area contributed by atoms with Gasteiger partial charge in [-0.2, -0.15) is 0 Å². The minimum absolute atomic E-state index is 0.341. The highest BCUT2D eigenvalue weighted by Gasteiger charge is 2.19. The minimum atomic E-state index is -0.499. The first-order valence-corrected chi connectivity index (χ1v) is 11.8. The standard InChI is InChI=1S/C26H16I2O4/c27-19-7-11-21(12-8-19)31-25(29)18-6-15-23(24(16-18)17-4-2-1-3-5-17)26(30)32-22-13-9-20(28)10-14-22/h1-16H. The van der Waals surface area contributed by atoms with E-state index in [-0.39, 0.29) is 0 Å². The van der Waals surface area contributed by atoms with Crippen molar-refractivity contribution in [2.24, 2.45) is 0 Å². The molecule has 0 bridgehead atoms. The Morgan fingerprint density at radius 3 is 1.69 bits per heavy atom. The van der Waals surface area contributed by atoms with Crippen molar-refractivity contribution in [3.8, 4) is 22.6 Å². The highest BCUT2D eigenvalue weighted by molar-refractivity contribution is 14.1. The number of hydrogen-bond acceptors (Lipinski definition) is 4. The van der Waals surface area contributed by atoms with Gasteiger partial charge in [-0.15, -0.1) is 0 Å². The smallest absolute Gasteiger partial charge is 0.344 e. The molecule has 0 aromatic heterocycles. The molecule has 4 nitrogen and oxygen atoms in total. The zero-order valence-electron chi connectivity index (χ0n) is 16.6. The van der Waals surface area contributed by atoms with E-state index >= 15 is 0 Å². The lowest BCUT2D eigenvalue weighted by atomic mass is 9.97. The normalized spacial score (nSPS) is 10.4. The largest absolute Gasteiger partial charge is 0.423 e. The van der Waals surface area contributed by atoms with E-state index < -0.39 is 11.9 Å². The first kappa shape index (κ1) is 22.5. The maximum atomic E-state index is 13.0. The fourth-order valence-electron chi connectivity index (χ4n) is 3.04. The SMILES string of the molecule is O=C(Oc1ccc(I)cc1)c1ccc(C(=O)Oc2ccc(I)cc2)c(-c2ccccc2)c1. The van der Waals surface area contributed by atoms with Crippen LogP contribution in [0, 0.1) is 7.14 Å². The molecule has 0 N–H and O–H groups in total. The third-order valence-corrected chi connectivity index (χ3v) is 6.05. The van der Waals surface area contributed by atoms with Crippen molar-refractivity contribution in [1.82, 2.24) is 0 Å². The van der Waals surface area contributed by atoms with Gasteiger partial charge in [0, 0.05) is 7.14 Å². The highest BCUT2D eigenvalue weighted by atomic mass is 127. The summed E-state index contributed by atoms with van der Waals surface area (Å²) in [5.41, 5.74) is 2.10. The van der Waals surface area contributed by atoms with Crippen LogP contribution in [0.2, 0.25) is 0 Å². The Kier molecular flexibility index (Phi) is 7.21. The van der Waals surface area contributed by atoms with Crippen LogP contribution in [0.5, 0.6) is 11.5 Å². The lowest BCUT2D eigenvalue weighted by Crippen LogP contribution is -2.13. The van der Waals surface area contributed by atoms with Gasteiger partial charge in [0.05, 0.1) is 11.1 Å². The third-order valence-electron chi connectivity index (χ3n) is 4.61. The van der Waals surface area contributed by atoms with Crippen LogP contribution >= 0.6 is 45.2 Å². The quantitative estimate of drug-likeness (QED) is 0.133. The van der Waals surface area contributed by atoms with Gasteiger partial charge in [-0.05, 0) is 123 Å². The molecule has 0 fully saturated rings. The molecule has 0 amide bonds. The van der Waals surface area contributed by atoms with E-state index in [4.69, 9.17) is 9.47 Å². The summed E-state index contributed by atoms with van der Waals surface area (Å²) >= 11 is 4.38. The van der Waals surface area contributed by atoms with Crippen LogP contribution in [0.15, 0.2) is 97.1 Å². The van der Waals surface area contributed by atoms with Crippen molar-refractivity contribution in [3.63, 3.8) is 0 Å². The molecule has 0 heterocycles. The molecule has 0 unspecified atom stereocenters. The van der Waals surface area contributed by atoms with Crippen molar-refractivity contribution in [2.45, 2.75) is 0 Å². The van der Waals surface area contributed by atoms with Gasteiger partial charge in [0.1, 0.15) is 11.5 Å². The molecule has 0 radical (unpaired) electrons. The molecule has 158 valence electrons. The summed E-state index contributed by atoms with van der Waals surface area (Å²) in [5.74, 6) is -0.0842. The van der Waals surface area contributed by atoms with E-state index in [1.54, 1.807) is 42.5 Å². The Bertz CT molecular complexity index is 1250. The van der Waals surface area contributed by atoms with E-state index in [9.17, 15) is 9.59 Å². The summed E-state index contributed by atoms with van der Waals surface area (Å²) in [6.07, 6.45) is 0. The van der Waals surface area contributed by atoms with Gasteiger partial charge >= 0.3 is 11.9 Å². The van der Waals surface area contributed by atoms with E-state index in [1.807, 2.05) is 54.6 Å². The van der Waals surface area contributed by atoms with Gasteiger partial charge < -0.3 is 9.47 Å². The summed E-state index contributed by atoms with van der Waals surface area (Å²) in [5, 5.41) is 0. The van der Waals surface area contributed by atoms with E-state index in [1.165, 1.54) is 0 Å². The number of halogens is 2. The molecule has 0 saturated carbocycles. The Morgan fingerprint density at radius 2 is 1.12 bits per heavy atom. The zero-order valence-corrected chi connectivity index (χ0v) is 20.9. The summed E-state index contributed by atoms with van der Waals surface area (Å²) in [4.78, 5) is 25.7. The molecule has 0 saturated heterocycles. The molecule has 6 heteroatoms. The van der Waals surface area contributed by atoms with Crippen molar-refractivity contribution in [3.05, 3.63) is 115 Å². The molecule has 0 spiro atoms. The fourth-order valence-corrected chi connectivity index (χ4v) is 3.76. The van der Waals surface area contributed by atoms with Gasteiger partial charge in [-0.1, -0.05) is 30.3 Å². The molecular formula is C26H16I2O4.